The second kappa shape index (κ2) is 5.81. The molecule has 0 aliphatic carbocycles. The summed E-state index contributed by atoms with van der Waals surface area (Å²) in [6.45, 7) is 4.16. The van der Waals surface area contributed by atoms with Crippen LogP contribution in [0.15, 0.2) is 36.4 Å². The predicted octanol–water partition coefficient (Wildman–Crippen LogP) is 4.36. The molecule has 0 saturated heterocycles. The summed E-state index contributed by atoms with van der Waals surface area (Å²) >= 11 is 11.3. The second-order valence-electron chi connectivity index (χ2n) is 4.90. The van der Waals surface area contributed by atoms with Crippen LogP contribution in [-0.4, -0.2) is 12.0 Å². The van der Waals surface area contributed by atoms with E-state index >= 15 is 0 Å². The van der Waals surface area contributed by atoms with Crippen molar-refractivity contribution in [3.05, 3.63) is 58.1 Å². The zero-order valence-corrected chi connectivity index (χ0v) is 13.3. The standard InChI is InChI=1S/C16H17ClN2S/c1-10-7-11(2)9-12(8-10)19(3)14-6-4-5-13(17)15(14)16(18)20/h4-9H,1-3H3,(H2,18,20). The van der Waals surface area contributed by atoms with Crippen molar-refractivity contribution in [2.75, 3.05) is 11.9 Å². The van der Waals surface area contributed by atoms with Gasteiger partial charge in [-0.1, -0.05) is 36.0 Å². The summed E-state index contributed by atoms with van der Waals surface area (Å²) in [4.78, 5) is 2.36. The molecule has 2 rings (SSSR count). The summed E-state index contributed by atoms with van der Waals surface area (Å²) in [5.41, 5.74) is 10.9. The normalized spacial score (nSPS) is 10.4. The van der Waals surface area contributed by atoms with Crippen molar-refractivity contribution in [2.45, 2.75) is 13.8 Å². The monoisotopic (exact) mass is 304 g/mol. The molecule has 0 saturated carbocycles. The Labute approximate surface area is 130 Å². The first-order valence-corrected chi connectivity index (χ1v) is 7.09. The second-order valence-corrected chi connectivity index (χ2v) is 5.75. The number of rotatable bonds is 3. The maximum atomic E-state index is 6.22. The highest BCUT2D eigenvalue weighted by atomic mass is 35.5. The van der Waals surface area contributed by atoms with Crippen LogP contribution in [0.3, 0.4) is 0 Å². The third kappa shape index (κ3) is 2.94. The topological polar surface area (TPSA) is 29.3 Å². The van der Waals surface area contributed by atoms with E-state index in [2.05, 4.69) is 36.9 Å². The molecule has 0 aromatic heterocycles. The Bertz CT molecular complexity index is 647. The van der Waals surface area contributed by atoms with Gasteiger partial charge in [-0.15, -0.1) is 0 Å². The van der Waals surface area contributed by atoms with Gasteiger partial charge < -0.3 is 10.6 Å². The van der Waals surface area contributed by atoms with Crippen molar-refractivity contribution in [2.24, 2.45) is 5.73 Å². The highest BCUT2D eigenvalue weighted by Gasteiger charge is 2.14. The molecule has 4 heteroatoms. The van der Waals surface area contributed by atoms with Crippen molar-refractivity contribution in [1.29, 1.82) is 0 Å². The molecule has 20 heavy (non-hydrogen) atoms. The van der Waals surface area contributed by atoms with E-state index in [4.69, 9.17) is 29.6 Å². The average molecular weight is 305 g/mol. The molecule has 0 radical (unpaired) electrons. The molecule has 0 bridgehead atoms. The summed E-state index contributed by atoms with van der Waals surface area (Å²) in [5, 5.41) is 0.575. The fourth-order valence-corrected chi connectivity index (χ4v) is 2.86. The average Bonchev–Trinajstić information content (AvgIpc) is 2.35. The number of halogens is 1. The van der Waals surface area contributed by atoms with Crippen molar-refractivity contribution < 1.29 is 0 Å². The van der Waals surface area contributed by atoms with Gasteiger partial charge in [0.1, 0.15) is 4.99 Å². The minimum atomic E-state index is 0.307. The van der Waals surface area contributed by atoms with Crippen LogP contribution in [0.4, 0.5) is 11.4 Å². The van der Waals surface area contributed by atoms with E-state index < -0.39 is 0 Å². The summed E-state index contributed by atoms with van der Waals surface area (Å²) in [7, 11) is 1.99. The zero-order valence-electron chi connectivity index (χ0n) is 11.8. The van der Waals surface area contributed by atoms with Gasteiger partial charge in [0.25, 0.3) is 0 Å². The van der Waals surface area contributed by atoms with Crippen molar-refractivity contribution in [3.63, 3.8) is 0 Å². The minimum absolute atomic E-state index is 0.307. The van der Waals surface area contributed by atoms with E-state index in [1.54, 1.807) is 6.07 Å². The van der Waals surface area contributed by atoms with Gasteiger partial charge in [-0.25, -0.2) is 0 Å². The van der Waals surface area contributed by atoms with Crippen LogP contribution < -0.4 is 10.6 Å². The van der Waals surface area contributed by atoms with Gasteiger partial charge in [-0.3, -0.25) is 0 Å². The van der Waals surface area contributed by atoms with Gasteiger partial charge in [-0.2, -0.15) is 0 Å². The Morgan fingerprint density at radius 1 is 1.15 bits per heavy atom. The largest absolute Gasteiger partial charge is 0.389 e. The van der Waals surface area contributed by atoms with E-state index in [1.807, 2.05) is 19.2 Å². The predicted molar refractivity (Wildman–Crippen MR) is 91.3 cm³/mol. The molecule has 0 fully saturated rings. The lowest BCUT2D eigenvalue weighted by atomic mass is 10.1. The Morgan fingerprint density at radius 2 is 1.75 bits per heavy atom. The van der Waals surface area contributed by atoms with E-state index in [0.717, 1.165) is 11.4 Å². The van der Waals surface area contributed by atoms with Crippen molar-refractivity contribution in [1.82, 2.24) is 0 Å². The smallest absolute Gasteiger partial charge is 0.107 e. The van der Waals surface area contributed by atoms with Crippen molar-refractivity contribution in [3.8, 4) is 0 Å². The molecule has 0 spiro atoms. The van der Waals surface area contributed by atoms with Crippen LogP contribution in [0.25, 0.3) is 0 Å². The third-order valence-electron chi connectivity index (χ3n) is 3.19. The van der Waals surface area contributed by atoms with Crippen LogP contribution in [0.5, 0.6) is 0 Å². The first kappa shape index (κ1) is 14.8. The molecule has 0 aliphatic rings. The Hall–Kier alpha value is -1.58. The molecule has 2 N–H and O–H groups in total. The highest BCUT2D eigenvalue weighted by Crippen LogP contribution is 2.32. The number of nitrogens with zero attached hydrogens (tertiary/aromatic N) is 1. The molecule has 0 unspecified atom stereocenters. The number of hydrogen-bond donors (Lipinski definition) is 1. The first-order valence-electron chi connectivity index (χ1n) is 6.30. The molecule has 2 aromatic rings. The molecule has 0 aliphatic heterocycles. The number of benzene rings is 2. The van der Waals surface area contributed by atoms with Gasteiger partial charge >= 0.3 is 0 Å². The molecule has 0 atom stereocenters. The van der Waals surface area contributed by atoms with Gasteiger partial charge in [0.2, 0.25) is 0 Å². The summed E-state index contributed by atoms with van der Waals surface area (Å²) in [6, 6.07) is 12.1. The quantitative estimate of drug-likeness (QED) is 0.854. The SMILES string of the molecule is Cc1cc(C)cc(N(C)c2cccc(Cl)c2C(N)=S)c1. The molecular weight excluding hydrogens is 288 g/mol. The summed E-state index contributed by atoms with van der Waals surface area (Å²) in [6.07, 6.45) is 0. The highest BCUT2D eigenvalue weighted by molar-refractivity contribution is 7.80. The number of aryl methyl sites for hydroxylation is 2. The lowest BCUT2D eigenvalue weighted by molar-refractivity contribution is 1.19. The van der Waals surface area contributed by atoms with E-state index in [0.29, 0.717) is 15.6 Å². The van der Waals surface area contributed by atoms with Crippen LogP contribution in [-0.2, 0) is 0 Å². The van der Waals surface area contributed by atoms with Gasteiger partial charge in [-0.05, 0) is 49.2 Å². The maximum absolute atomic E-state index is 6.22. The third-order valence-corrected chi connectivity index (χ3v) is 3.71. The fraction of sp³-hybridized carbons (Fsp3) is 0.188. The van der Waals surface area contributed by atoms with E-state index in [1.165, 1.54) is 11.1 Å². The number of nitrogens with two attached hydrogens (primary N) is 1. The number of anilines is 2. The molecule has 2 nitrogen and oxygen atoms in total. The summed E-state index contributed by atoms with van der Waals surface area (Å²) < 4.78 is 0. The molecular formula is C16H17ClN2S. The minimum Gasteiger partial charge on any atom is -0.389 e. The lowest BCUT2D eigenvalue weighted by Gasteiger charge is -2.23. The van der Waals surface area contributed by atoms with Crippen molar-refractivity contribution >= 4 is 40.2 Å². The van der Waals surface area contributed by atoms with E-state index in [9.17, 15) is 0 Å². The Kier molecular flexibility index (Phi) is 4.31. The molecule has 104 valence electrons. The van der Waals surface area contributed by atoms with Gasteiger partial charge in [0.15, 0.2) is 0 Å². The lowest BCUT2D eigenvalue weighted by Crippen LogP contribution is -2.18. The fourth-order valence-electron chi connectivity index (χ4n) is 2.32. The van der Waals surface area contributed by atoms with Crippen LogP contribution in [0.2, 0.25) is 5.02 Å². The first-order chi connectivity index (χ1) is 9.40. The number of thiocarbonyl (C=S) groups is 1. The number of hydrogen-bond acceptors (Lipinski definition) is 2. The summed E-state index contributed by atoms with van der Waals surface area (Å²) in [5.74, 6) is 0. The van der Waals surface area contributed by atoms with Crippen LogP contribution in [0, 0.1) is 13.8 Å². The molecule has 0 amide bonds. The van der Waals surface area contributed by atoms with Crippen LogP contribution >= 0.6 is 23.8 Å². The van der Waals surface area contributed by atoms with Crippen LogP contribution in [0.1, 0.15) is 16.7 Å². The zero-order chi connectivity index (χ0) is 14.9. The maximum Gasteiger partial charge on any atom is 0.107 e. The van der Waals surface area contributed by atoms with Gasteiger partial charge in [0, 0.05) is 12.7 Å². The van der Waals surface area contributed by atoms with E-state index in [-0.39, 0.29) is 0 Å². The Morgan fingerprint density at radius 3 is 2.30 bits per heavy atom. The Balaban J connectivity index is 2.56. The van der Waals surface area contributed by atoms with Gasteiger partial charge in [0.05, 0.1) is 16.3 Å². The molecule has 2 aromatic carbocycles. The molecule has 0 heterocycles.